The van der Waals surface area contributed by atoms with Crippen molar-refractivity contribution < 1.29 is 13.9 Å². The minimum atomic E-state index is -0.446. The van der Waals surface area contributed by atoms with Gasteiger partial charge in [-0.25, -0.2) is 18.7 Å². The Hall–Kier alpha value is -4.24. The largest absolute Gasteiger partial charge is 0.470 e. The number of pyridine rings is 1. The summed E-state index contributed by atoms with van der Waals surface area (Å²) in [5.41, 5.74) is 5.20. The summed E-state index contributed by atoms with van der Waals surface area (Å²) in [6.07, 6.45) is 4.85. The Morgan fingerprint density at radius 3 is 2.72 bits per heavy atom. The highest BCUT2D eigenvalue weighted by Crippen LogP contribution is 2.30. The third kappa shape index (κ3) is 4.92. The first-order chi connectivity index (χ1) is 17.4. The number of anilines is 1. The van der Waals surface area contributed by atoms with Gasteiger partial charge >= 0.3 is 0 Å². The van der Waals surface area contributed by atoms with Crippen molar-refractivity contribution in [3.63, 3.8) is 0 Å². The Morgan fingerprint density at radius 2 is 1.94 bits per heavy atom. The van der Waals surface area contributed by atoms with Gasteiger partial charge in [-0.15, -0.1) is 0 Å². The van der Waals surface area contributed by atoms with Crippen LogP contribution in [-0.4, -0.2) is 30.5 Å². The number of benzene rings is 2. The third-order valence-corrected chi connectivity index (χ3v) is 5.92. The number of nitrogens with one attached hydrogen (secondary N) is 1. The number of nitrogens with zero attached hydrogens (tertiary/aromatic N) is 5. The summed E-state index contributed by atoms with van der Waals surface area (Å²) in [6.45, 7) is 3.98. The number of aryl methyl sites for hydroxylation is 2. The normalized spacial score (nSPS) is 11.1. The summed E-state index contributed by atoms with van der Waals surface area (Å²) < 4.78 is 21.8. The minimum absolute atomic E-state index is 0.0123. The average molecular weight is 505 g/mol. The first-order valence-corrected chi connectivity index (χ1v) is 11.5. The van der Waals surface area contributed by atoms with Crippen molar-refractivity contribution >= 4 is 34.2 Å². The van der Waals surface area contributed by atoms with E-state index in [0.717, 1.165) is 22.2 Å². The third-order valence-electron chi connectivity index (χ3n) is 5.63. The van der Waals surface area contributed by atoms with Crippen molar-refractivity contribution in [2.45, 2.75) is 27.1 Å². The summed E-state index contributed by atoms with van der Waals surface area (Å²) in [5, 5.41) is 12.6. The van der Waals surface area contributed by atoms with E-state index in [-0.39, 0.29) is 24.2 Å². The molecule has 8 nitrogen and oxygen atoms in total. The van der Waals surface area contributed by atoms with Crippen LogP contribution in [0.4, 0.5) is 10.1 Å². The van der Waals surface area contributed by atoms with E-state index in [1.54, 1.807) is 17.1 Å². The standard InChI is InChI=1S/C26H22ClFN6O2/c1-16-3-5-18(6-4-16)21-9-10-29-26-25(21)17(2)32-34(26)14-24(35)31-20-12-30-33(13-20)15-36-23-8-7-19(28)11-22(23)27/h3-13H,14-15H2,1-2H3,(H,31,35). The van der Waals surface area contributed by atoms with Gasteiger partial charge in [0, 0.05) is 11.6 Å². The first kappa shape index (κ1) is 23.5. The molecule has 0 fully saturated rings. The second-order valence-electron chi connectivity index (χ2n) is 8.33. The van der Waals surface area contributed by atoms with E-state index < -0.39 is 5.82 Å². The zero-order valence-corrected chi connectivity index (χ0v) is 20.3. The number of rotatable bonds is 7. The van der Waals surface area contributed by atoms with Crippen LogP contribution in [0, 0.1) is 19.7 Å². The number of fused-ring (bicyclic) bond motifs is 1. The molecule has 0 bridgehead atoms. The van der Waals surface area contributed by atoms with Gasteiger partial charge in [0.1, 0.15) is 18.1 Å². The molecule has 0 unspecified atom stereocenters. The van der Waals surface area contributed by atoms with Crippen LogP contribution in [-0.2, 0) is 18.1 Å². The molecule has 0 saturated heterocycles. The average Bonchev–Trinajstić information content (AvgIpc) is 3.42. The second-order valence-corrected chi connectivity index (χ2v) is 8.74. The number of aromatic nitrogens is 5. The maximum Gasteiger partial charge on any atom is 0.246 e. The van der Waals surface area contributed by atoms with Crippen LogP contribution >= 0.6 is 11.6 Å². The molecule has 1 N–H and O–H groups in total. The molecule has 0 aliphatic rings. The van der Waals surface area contributed by atoms with E-state index >= 15 is 0 Å². The van der Waals surface area contributed by atoms with E-state index in [0.29, 0.717) is 17.1 Å². The molecule has 0 aliphatic carbocycles. The Kier molecular flexibility index (Phi) is 6.39. The summed E-state index contributed by atoms with van der Waals surface area (Å²) in [4.78, 5) is 17.3. The molecule has 182 valence electrons. The molecule has 0 saturated carbocycles. The van der Waals surface area contributed by atoms with Crippen LogP contribution in [0.15, 0.2) is 67.1 Å². The number of amides is 1. The fourth-order valence-corrected chi connectivity index (χ4v) is 4.15. The molecule has 2 aromatic carbocycles. The number of hydrogen-bond donors (Lipinski definition) is 1. The van der Waals surface area contributed by atoms with Crippen molar-refractivity contribution in [1.29, 1.82) is 0 Å². The molecule has 5 aromatic rings. The molecular weight excluding hydrogens is 483 g/mol. The van der Waals surface area contributed by atoms with Gasteiger partial charge in [0.25, 0.3) is 0 Å². The summed E-state index contributed by atoms with van der Waals surface area (Å²) in [6, 6.07) is 14.1. The monoisotopic (exact) mass is 504 g/mol. The van der Waals surface area contributed by atoms with Crippen molar-refractivity contribution in [2.75, 3.05) is 5.32 Å². The summed E-state index contributed by atoms with van der Waals surface area (Å²) >= 11 is 5.98. The van der Waals surface area contributed by atoms with Crippen LogP contribution in [0.3, 0.4) is 0 Å². The van der Waals surface area contributed by atoms with Crippen LogP contribution in [0.5, 0.6) is 5.75 Å². The highest BCUT2D eigenvalue weighted by molar-refractivity contribution is 6.32. The lowest BCUT2D eigenvalue weighted by atomic mass is 10.0. The smallest absolute Gasteiger partial charge is 0.246 e. The van der Waals surface area contributed by atoms with E-state index in [4.69, 9.17) is 16.3 Å². The maximum absolute atomic E-state index is 13.2. The van der Waals surface area contributed by atoms with Gasteiger partial charge in [-0.05, 0) is 49.2 Å². The Morgan fingerprint density at radius 1 is 1.14 bits per heavy atom. The summed E-state index contributed by atoms with van der Waals surface area (Å²) in [5.74, 6) is -0.389. The molecule has 0 spiro atoms. The number of carbonyl (C=O) groups excluding carboxylic acids is 1. The molecule has 1 amide bonds. The first-order valence-electron chi connectivity index (χ1n) is 11.2. The molecule has 0 radical (unpaired) electrons. The Balaban J connectivity index is 1.28. The zero-order valence-electron chi connectivity index (χ0n) is 19.6. The van der Waals surface area contributed by atoms with Crippen LogP contribution in [0.25, 0.3) is 22.2 Å². The van der Waals surface area contributed by atoms with Crippen molar-refractivity contribution in [1.82, 2.24) is 24.5 Å². The van der Waals surface area contributed by atoms with Gasteiger partial charge in [0.15, 0.2) is 12.4 Å². The van der Waals surface area contributed by atoms with Gasteiger partial charge in [0.2, 0.25) is 5.91 Å². The van der Waals surface area contributed by atoms with Gasteiger partial charge in [-0.1, -0.05) is 41.4 Å². The second kappa shape index (κ2) is 9.79. The number of hydrogen-bond acceptors (Lipinski definition) is 5. The van der Waals surface area contributed by atoms with Gasteiger partial charge < -0.3 is 10.1 Å². The predicted molar refractivity (Wildman–Crippen MR) is 135 cm³/mol. The van der Waals surface area contributed by atoms with E-state index in [1.165, 1.54) is 34.6 Å². The van der Waals surface area contributed by atoms with Gasteiger partial charge in [0.05, 0.1) is 28.8 Å². The summed E-state index contributed by atoms with van der Waals surface area (Å²) in [7, 11) is 0. The molecule has 5 rings (SSSR count). The van der Waals surface area contributed by atoms with E-state index in [9.17, 15) is 9.18 Å². The number of halogens is 2. The minimum Gasteiger partial charge on any atom is -0.470 e. The molecular formula is C26H22ClFN6O2. The lowest BCUT2D eigenvalue weighted by Crippen LogP contribution is -2.19. The molecule has 3 heterocycles. The van der Waals surface area contributed by atoms with Crippen LogP contribution in [0.1, 0.15) is 11.3 Å². The Labute approximate surface area is 211 Å². The molecule has 3 aromatic heterocycles. The highest BCUT2D eigenvalue weighted by Gasteiger charge is 2.16. The van der Waals surface area contributed by atoms with Gasteiger partial charge in [-0.3, -0.25) is 4.79 Å². The van der Waals surface area contributed by atoms with Crippen molar-refractivity contribution in [2.24, 2.45) is 0 Å². The van der Waals surface area contributed by atoms with E-state index in [2.05, 4.69) is 44.8 Å². The fourth-order valence-electron chi connectivity index (χ4n) is 3.93. The quantitative estimate of drug-likeness (QED) is 0.321. The van der Waals surface area contributed by atoms with Crippen LogP contribution < -0.4 is 10.1 Å². The van der Waals surface area contributed by atoms with Crippen LogP contribution in [0.2, 0.25) is 5.02 Å². The Bertz CT molecular complexity index is 1560. The maximum atomic E-state index is 13.2. The lowest BCUT2D eigenvalue weighted by molar-refractivity contribution is -0.116. The number of ether oxygens (including phenoxy) is 1. The topological polar surface area (TPSA) is 86.9 Å². The molecule has 36 heavy (non-hydrogen) atoms. The van der Waals surface area contributed by atoms with Gasteiger partial charge in [-0.2, -0.15) is 10.2 Å². The predicted octanol–water partition coefficient (Wildman–Crippen LogP) is 5.38. The SMILES string of the molecule is Cc1ccc(-c2ccnc3c2c(C)nn3CC(=O)Nc2cnn(COc3ccc(F)cc3Cl)c2)cc1. The molecule has 0 aliphatic heterocycles. The lowest BCUT2D eigenvalue weighted by Gasteiger charge is -2.08. The molecule has 0 atom stereocenters. The highest BCUT2D eigenvalue weighted by atomic mass is 35.5. The molecule has 10 heteroatoms. The fraction of sp³-hybridized carbons (Fsp3) is 0.154. The van der Waals surface area contributed by atoms with Crippen molar-refractivity contribution in [3.8, 4) is 16.9 Å². The number of carbonyl (C=O) groups is 1. The zero-order chi connectivity index (χ0) is 25.2. The van der Waals surface area contributed by atoms with Crippen molar-refractivity contribution in [3.05, 3.63) is 89.2 Å². The van der Waals surface area contributed by atoms with E-state index in [1.807, 2.05) is 19.9 Å².